The summed E-state index contributed by atoms with van der Waals surface area (Å²) in [6.45, 7) is 8.91. The third-order valence-electron chi connectivity index (χ3n) is 11.7. The first-order chi connectivity index (χ1) is 28.0. The van der Waals surface area contributed by atoms with Crippen molar-refractivity contribution in [2.75, 3.05) is 0 Å². The first kappa shape index (κ1) is 56.2. The van der Waals surface area contributed by atoms with Gasteiger partial charge in [0.25, 0.3) is 0 Å². The summed E-state index contributed by atoms with van der Waals surface area (Å²) in [5.41, 5.74) is 0. The number of allylic oxidation sites excluding steroid dienone is 4. The zero-order valence-electron chi connectivity index (χ0n) is 39.1. The van der Waals surface area contributed by atoms with E-state index in [9.17, 15) is 9.59 Å². The van der Waals surface area contributed by atoms with Crippen LogP contribution in [0.1, 0.15) is 285 Å². The molecule has 0 unspecified atom stereocenters. The van der Waals surface area contributed by atoms with E-state index in [4.69, 9.17) is 6.15 Å². The summed E-state index contributed by atoms with van der Waals surface area (Å²) < 4.78 is 14.3. The van der Waals surface area contributed by atoms with Crippen molar-refractivity contribution in [3.8, 4) is 0 Å². The predicted molar refractivity (Wildman–Crippen MR) is 253 cm³/mol. The Labute approximate surface area is 362 Å². The summed E-state index contributed by atoms with van der Waals surface area (Å²) in [7, 11) is 0. The topological polar surface area (TPSA) is 52.6 Å². The molecule has 0 fully saturated rings. The van der Waals surface area contributed by atoms with Gasteiger partial charge in [0.05, 0.1) is 0 Å². The van der Waals surface area contributed by atoms with Crippen LogP contribution >= 0.6 is 0 Å². The summed E-state index contributed by atoms with van der Waals surface area (Å²) in [6.07, 6.45) is 58.4. The van der Waals surface area contributed by atoms with Gasteiger partial charge in [0.2, 0.25) is 0 Å². The molecule has 0 saturated carbocycles. The maximum absolute atomic E-state index is 13.1. The van der Waals surface area contributed by atoms with Crippen LogP contribution in [0.5, 0.6) is 0 Å². The van der Waals surface area contributed by atoms with Crippen LogP contribution < -0.4 is 0 Å². The summed E-state index contributed by atoms with van der Waals surface area (Å²) in [5.74, 6) is -0.210. The quantitative estimate of drug-likeness (QED) is 0.0347. The fraction of sp³-hybridized carbons (Fsp3) is 0.885. The Kier molecular flexibility index (Phi) is 45.7. The van der Waals surface area contributed by atoms with Gasteiger partial charge in [-0.1, -0.05) is 102 Å². The Morgan fingerprint density at radius 3 is 0.807 bits per heavy atom. The molecule has 0 aromatic heterocycles. The molecule has 0 radical (unpaired) electrons. The van der Waals surface area contributed by atoms with E-state index in [1.54, 1.807) is 0 Å². The van der Waals surface area contributed by atoms with E-state index in [1.807, 2.05) is 0 Å². The second-order valence-corrected chi connectivity index (χ2v) is 26.8. The van der Waals surface area contributed by atoms with E-state index in [0.717, 1.165) is 60.2 Å². The molecule has 0 aliphatic carbocycles. The van der Waals surface area contributed by atoms with Crippen LogP contribution in [0.3, 0.4) is 0 Å². The molecule has 0 saturated heterocycles. The minimum atomic E-state index is -3.83. The van der Waals surface area contributed by atoms with E-state index < -0.39 is 19.2 Å². The molecule has 0 N–H and O–H groups in total. The van der Waals surface area contributed by atoms with Gasteiger partial charge < -0.3 is 0 Å². The third-order valence-corrected chi connectivity index (χ3v) is 21.5. The zero-order valence-corrected chi connectivity index (χ0v) is 42.0. The number of hydrogen-bond donors (Lipinski definition) is 0. The van der Waals surface area contributed by atoms with Gasteiger partial charge in [-0.25, -0.2) is 0 Å². The Balaban J connectivity index is 4.09. The molecule has 0 aliphatic rings. The average Bonchev–Trinajstić information content (AvgIpc) is 3.21. The second-order valence-electron chi connectivity index (χ2n) is 17.6. The van der Waals surface area contributed by atoms with Gasteiger partial charge >= 0.3 is 224 Å². The number of unbranched alkanes of at least 4 members (excludes halogenated alkanes) is 32. The van der Waals surface area contributed by atoms with Crippen molar-refractivity contribution in [3.05, 3.63) is 24.3 Å². The van der Waals surface area contributed by atoms with Crippen molar-refractivity contribution >= 4 is 31.1 Å². The van der Waals surface area contributed by atoms with Crippen molar-refractivity contribution in [2.24, 2.45) is 0 Å². The molecule has 4 nitrogen and oxygen atoms in total. The van der Waals surface area contributed by atoms with Crippen molar-refractivity contribution in [2.45, 2.75) is 293 Å². The fourth-order valence-electron chi connectivity index (χ4n) is 7.85. The molecular weight excluding hydrogens is 807 g/mol. The van der Waals surface area contributed by atoms with Crippen LogP contribution in [0, 0.1) is 0 Å². The van der Waals surface area contributed by atoms with Crippen LogP contribution in [0.25, 0.3) is 0 Å². The van der Waals surface area contributed by atoms with E-state index >= 15 is 0 Å². The van der Waals surface area contributed by atoms with E-state index in [0.29, 0.717) is 12.8 Å². The van der Waals surface area contributed by atoms with Crippen molar-refractivity contribution in [1.82, 2.24) is 0 Å². The Hall–Kier alpha value is -0.781. The molecule has 57 heavy (non-hydrogen) atoms. The Morgan fingerprint density at radius 1 is 0.316 bits per heavy atom. The minimum absolute atomic E-state index is 0.105. The SMILES string of the molecule is CCCCCCCC/C=C\CCCCCCCCCCCC(=O)[O][Sn]([CH2]CCC)([CH2]CCC)[O]C(=O)CCCCCCCCCCC/C=C\CCCCCCCC. The maximum atomic E-state index is 13.1. The molecule has 0 atom stereocenters. The number of rotatable bonds is 46. The first-order valence-electron chi connectivity index (χ1n) is 25.8. The standard InChI is InChI=1S/2C22H42O2.2C4H9.Sn/c2*1-2-3-4-5-6-7-8-9-10-11-12-13-14-15-16-17-18-19-20-21-22(23)24;2*1-3-4-2;/h2*9-10H,2-8,11-21H2,1H3,(H,23,24);2*1,3-4H2,2H3;/q;;;;+2/p-2/b2*10-9-;;;. The molecule has 336 valence electrons. The molecule has 5 heteroatoms. The molecule has 0 amide bonds. The van der Waals surface area contributed by atoms with E-state index in [2.05, 4.69) is 52.0 Å². The van der Waals surface area contributed by atoms with Crippen LogP contribution in [0.2, 0.25) is 8.87 Å². The first-order valence-corrected chi connectivity index (χ1v) is 32.1. The second kappa shape index (κ2) is 46.3. The van der Waals surface area contributed by atoms with Gasteiger partial charge in [-0.05, 0) is 38.5 Å². The van der Waals surface area contributed by atoms with Crippen LogP contribution in [0.15, 0.2) is 24.3 Å². The number of hydrogen-bond acceptors (Lipinski definition) is 4. The van der Waals surface area contributed by atoms with Gasteiger partial charge in [-0.3, -0.25) is 0 Å². The molecule has 0 rings (SSSR count). The fourth-order valence-corrected chi connectivity index (χ4v) is 17.9. The van der Waals surface area contributed by atoms with Crippen LogP contribution in [-0.2, 0) is 15.7 Å². The molecule has 0 heterocycles. The van der Waals surface area contributed by atoms with Crippen molar-refractivity contribution < 1.29 is 15.7 Å². The van der Waals surface area contributed by atoms with E-state index in [1.165, 1.54) is 193 Å². The monoisotopic (exact) mass is 909 g/mol. The van der Waals surface area contributed by atoms with Gasteiger partial charge in [-0.2, -0.15) is 0 Å². The summed E-state index contributed by atoms with van der Waals surface area (Å²) >= 11 is -3.83. The van der Waals surface area contributed by atoms with Crippen molar-refractivity contribution in [3.63, 3.8) is 0 Å². The molecule has 0 aliphatic heterocycles. The average molecular weight is 908 g/mol. The molecule has 0 aromatic rings. The zero-order chi connectivity index (χ0) is 41.6. The van der Waals surface area contributed by atoms with Gasteiger partial charge in [0.1, 0.15) is 0 Å². The third kappa shape index (κ3) is 41.7. The Morgan fingerprint density at radius 2 is 0.544 bits per heavy atom. The molecule has 0 spiro atoms. The smallest absolute Gasteiger partial charge is 0.0885 e. The predicted octanol–water partition coefficient (Wildman–Crippen LogP) is 18.3. The minimum Gasteiger partial charge on any atom is -0.0885 e. The molecule has 0 aromatic carbocycles. The molecule has 0 bridgehead atoms. The summed E-state index contributed by atoms with van der Waals surface area (Å²) in [6, 6.07) is 0. The van der Waals surface area contributed by atoms with Gasteiger partial charge in [-0.15, -0.1) is 0 Å². The van der Waals surface area contributed by atoms with Gasteiger partial charge in [0.15, 0.2) is 0 Å². The summed E-state index contributed by atoms with van der Waals surface area (Å²) in [4.78, 5) is 26.2. The van der Waals surface area contributed by atoms with Gasteiger partial charge in [0, 0.05) is 0 Å². The van der Waals surface area contributed by atoms with E-state index in [-0.39, 0.29) is 11.9 Å². The number of carbonyl (C=O) groups is 2. The Bertz CT molecular complexity index is 827. The van der Waals surface area contributed by atoms with Crippen LogP contribution in [0.4, 0.5) is 0 Å². The van der Waals surface area contributed by atoms with Crippen molar-refractivity contribution in [1.29, 1.82) is 0 Å². The van der Waals surface area contributed by atoms with Crippen LogP contribution in [-0.4, -0.2) is 31.1 Å². The summed E-state index contributed by atoms with van der Waals surface area (Å²) in [5, 5.41) is 0. The normalized spacial score (nSPS) is 12.0. The number of carbonyl (C=O) groups excluding carboxylic acids is 2. The molecular formula is C52H100O4Sn.